The van der Waals surface area contributed by atoms with Crippen LogP contribution < -0.4 is 10.2 Å². The molecule has 0 fully saturated rings. The van der Waals surface area contributed by atoms with Crippen molar-refractivity contribution in [2.75, 3.05) is 11.4 Å². The van der Waals surface area contributed by atoms with E-state index in [4.69, 9.17) is 0 Å². The lowest BCUT2D eigenvalue weighted by Gasteiger charge is -2.34. The Balaban J connectivity index is 1.65. The average Bonchev–Trinajstić information content (AvgIpc) is 2.92. The molecule has 6 heteroatoms. The van der Waals surface area contributed by atoms with E-state index in [0.29, 0.717) is 25.3 Å². The average molecular weight is 397 g/mol. The number of anilines is 1. The van der Waals surface area contributed by atoms with Crippen LogP contribution in [0.25, 0.3) is 0 Å². The quantitative estimate of drug-likeness (QED) is 0.809. The van der Waals surface area contributed by atoms with Gasteiger partial charge in [-0.1, -0.05) is 32.0 Å². The van der Waals surface area contributed by atoms with E-state index in [2.05, 4.69) is 35.9 Å². The van der Waals surface area contributed by atoms with Crippen molar-refractivity contribution in [3.63, 3.8) is 0 Å². The number of amides is 2. The highest BCUT2D eigenvalue weighted by molar-refractivity contribution is 5.93. The van der Waals surface area contributed by atoms with Gasteiger partial charge in [0.05, 0.1) is 11.7 Å². The summed E-state index contributed by atoms with van der Waals surface area (Å²) in [7, 11) is 0. The van der Waals surface area contributed by atoms with Crippen molar-refractivity contribution >= 4 is 17.5 Å². The van der Waals surface area contributed by atoms with Gasteiger partial charge in [-0.15, -0.1) is 0 Å². The third-order valence-electron chi connectivity index (χ3n) is 5.63. The maximum atomic E-state index is 12.7. The zero-order valence-electron chi connectivity index (χ0n) is 18.2. The van der Waals surface area contributed by atoms with E-state index in [-0.39, 0.29) is 17.9 Å². The van der Waals surface area contributed by atoms with Gasteiger partial charge in [-0.05, 0) is 49.8 Å². The van der Waals surface area contributed by atoms with Crippen LogP contribution in [0.15, 0.2) is 24.3 Å². The number of carbonyl (C=O) groups excluding carboxylic acids is 2. The van der Waals surface area contributed by atoms with Crippen molar-refractivity contribution in [2.24, 2.45) is 5.92 Å². The summed E-state index contributed by atoms with van der Waals surface area (Å²) in [6.45, 7) is 11.6. The Kier molecular flexibility index (Phi) is 6.40. The lowest BCUT2D eigenvalue weighted by molar-refractivity contribution is -0.121. The molecule has 29 heavy (non-hydrogen) atoms. The first-order chi connectivity index (χ1) is 13.8. The first-order valence-electron chi connectivity index (χ1n) is 10.5. The van der Waals surface area contributed by atoms with E-state index >= 15 is 0 Å². The minimum Gasteiger partial charge on any atom is -0.349 e. The zero-order chi connectivity index (χ0) is 21.1. The molecule has 1 aromatic heterocycles. The van der Waals surface area contributed by atoms with Gasteiger partial charge in [-0.2, -0.15) is 5.10 Å². The van der Waals surface area contributed by atoms with Crippen molar-refractivity contribution in [1.29, 1.82) is 0 Å². The smallest absolute Gasteiger partial charge is 0.223 e. The fourth-order valence-electron chi connectivity index (χ4n) is 4.16. The molecule has 1 atom stereocenters. The minimum atomic E-state index is -0.0554. The van der Waals surface area contributed by atoms with Crippen LogP contribution in [0.1, 0.15) is 62.2 Å². The van der Waals surface area contributed by atoms with Crippen LogP contribution in [0.4, 0.5) is 5.69 Å². The summed E-state index contributed by atoms with van der Waals surface area (Å²) >= 11 is 0. The molecule has 1 aliphatic heterocycles. The number of hydrogen-bond donors (Lipinski definition) is 1. The fraction of sp³-hybridized carbons (Fsp3) is 0.522. The highest BCUT2D eigenvalue weighted by atomic mass is 16.2. The van der Waals surface area contributed by atoms with Crippen molar-refractivity contribution in [3.8, 4) is 0 Å². The van der Waals surface area contributed by atoms with Crippen molar-refractivity contribution < 1.29 is 9.59 Å². The molecular weight excluding hydrogens is 364 g/mol. The molecule has 0 saturated carbocycles. The summed E-state index contributed by atoms with van der Waals surface area (Å²) in [4.78, 5) is 26.4. The lowest BCUT2D eigenvalue weighted by Crippen LogP contribution is -2.40. The van der Waals surface area contributed by atoms with Gasteiger partial charge in [-0.3, -0.25) is 14.3 Å². The van der Waals surface area contributed by atoms with Crippen LogP contribution in [0.3, 0.4) is 0 Å². The van der Waals surface area contributed by atoms with E-state index < -0.39 is 0 Å². The molecule has 1 aromatic carbocycles. The van der Waals surface area contributed by atoms with Crippen molar-refractivity contribution in [3.05, 3.63) is 46.8 Å². The molecule has 0 bridgehead atoms. The molecular formula is C23H32N4O2. The fourth-order valence-corrected chi connectivity index (χ4v) is 4.16. The molecule has 2 aromatic rings. The topological polar surface area (TPSA) is 67.2 Å². The number of carbonyl (C=O) groups is 2. The van der Waals surface area contributed by atoms with E-state index in [9.17, 15) is 9.59 Å². The molecule has 1 N–H and O–H groups in total. The van der Waals surface area contributed by atoms with Crippen molar-refractivity contribution in [1.82, 2.24) is 15.1 Å². The van der Waals surface area contributed by atoms with Gasteiger partial charge in [0.1, 0.15) is 0 Å². The molecule has 6 nitrogen and oxygen atoms in total. The Labute approximate surface area is 173 Å². The normalized spacial score (nSPS) is 16.1. The van der Waals surface area contributed by atoms with Gasteiger partial charge in [0.15, 0.2) is 0 Å². The first-order valence-corrected chi connectivity index (χ1v) is 10.5. The number of nitrogens with one attached hydrogen (secondary N) is 1. The summed E-state index contributed by atoms with van der Waals surface area (Å²) in [6.07, 6.45) is 1.85. The second kappa shape index (κ2) is 8.80. The lowest BCUT2D eigenvalue weighted by atomic mass is 9.96. The Hall–Kier alpha value is -2.63. The number of aryl methyl sites for hydroxylation is 1. The van der Waals surface area contributed by atoms with Crippen LogP contribution >= 0.6 is 0 Å². The summed E-state index contributed by atoms with van der Waals surface area (Å²) in [6, 6.07) is 7.78. The second-order valence-electron chi connectivity index (χ2n) is 8.36. The van der Waals surface area contributed by atoms with Gasteiger partial charge in [0.2, 0.25) is 11.8 Å². The number of nitrogens with zero attached hydrogens (tertiary/aromatic N) is 3. The van der Waals surface area contributed by atoms with Crippen LogP contribution in [-0.2, 0) is 22.6 Å². The number of benzene rings is 1. The predicted molar refractivity (Wildman–Crippen MR) is 115 cm³/mol. The van der Waals surface area contributed by atoms with Gasteiger partial charge in [0, 0.05) is 37.8 Å². The van der Waals surface area contributed by atoms with Gasteiger partial charge >= 0.3 is 0 Å². The van der Waals surface area contributed by atoms with Crippen LogP contribution in [-0.4, -0.2) is 28.1 Å². The molecule has 1 unspecified atom stereocenters. The highest BCUT2D eigenvalue weighted by Crippen LogP contribution is 2.33. The Morgan fingerprint density at radius 2 is 1.97 bits per heavy atom. The van der Waals surface area contributed by atoms with E-state index in [1.54, 1.807) is 11.8 Å². The number of hydrogen-bond acceptors (Lipinski definition) is 3. The molecule has 1 aliphatic rings. The summed E-state index contributed by atoms with van der Waals surface area (Å²) in [5.74, 6) is 0.605. The standard InChI is InChI=1S/C23H32N4O2/c1-15(2)14-27-17(4)19(16(3)25-27)10-11-23(29)24-21-12-13-26(18(5)28)22-9-7-6-8-20(21)22/h6-9,15,21H,10-14H2,1-5H3,(H,24,29). The Morgan fingerprint density at radius 1 is 1.24 bits per heavy atom. The molecule has 3 rings (SSSR count). The van der Waals surface area contributed by atoms with Crippen molar-refractivity contribution in [2.45, 2.75) is 66.5 Å². The SMILES string of the molecule is CC(=O)N1CCC(NC(=O)CCc2c(C)nn(CC(C)C)c2C)c2ccccc21. The highest BCUT2D eigenvalue weighted by Gasteiger charge is 2.27. The van der Waals surface area contributed by atoms with Crippen LogP contribution in [0, 0.1) is 19.8 Å². The molecule has 0 radical (unpaired) electrons. The van der Waals surface area contributed by atoms with Gasteiger partial charge in [-0.25, -0.2) is 0 Å². The maximum Gasteiger partial charge on any atom is 0.223 e. The molecule has 2 amide bonds. The van der Waals surface area contributed by atoms with Gasteiger partial charge in [0.25, 0.3) is 0 Å². The zero-order valence-corrected chi connectivity index (χ0v) is 18.2. The Bertz CT molecular complexity index is 900. The molecule has 0 aliphatic carbocycles. The third kappa shape index (κ3) is 4.69. The number of fused-ring (bicyclic) bond motifs is 1. The van der Waals surface area contributed by atoms with E-state index in [0.717, 1.165) is 35.6 Å². The van der Waals surface area contributed by atoms with Gasteiger partial charge < -0.3 is 10.2 Å². The molecule has 2 heterocycles. The van der Waals surface area contributed by atoms with E-state index in [1.807, 2.05) is 31.2 Å². The number of rotatable bonds is 6. The minimum absolute atomic E-state index is 0.0339. The maximum absolute atomic E-state index is 12.7. The summed E-state index contributed by atoms with van der Waals surface area (Å²) in [5.41, 5.74) is 5.25. The molecule has 0 spiro atoms. The number of aromatic nitrogens is 2. The monoisotopic (exact) mass is 396 g/mol. The van der Waals surface area contributed by atoms with Crippen LogP contribution in [0.5, 0.6) is 0 Å². The largest absolute Gasteiger partial charge is 0.349 e. The molecule has 0 saturated heterocycles. The molecule has 156 valence electrons. The van der Waals surface area contributed by atoms with E-state index in [1.165, 1.54) is 5.56 Å². The second-order valence-corrected chi connectivity index (χ2v) is 8.36. The summed E-state index contributed by atoms with van der Waals surface area (Å²) < 4.78 is 2.06. The summed E-state index contributed by atoms with van der Waals surface area (Å²) in [5, 5.41) is 7.82. The Morgan fingerprint density at radius 3 is 2.66 bits per heavy atom. The number of para-hydroxylation sites is 1. The third-order valence-corrected chi connectivity index (χ3v) is 5.63. The predicted octanol–water partition coefficient (Wildman–Crippen LogP) is 3.70. The van der Waals surface area contributed by atoms with Crippen LogP contribution in [0.2, 0.25) is 0 Å². The first kappa shape index (κ1) is 21.1.